The fourth-order valence-corrected chi connectivity index (χ4v) is 3.38. The van der Waals surface area contributed by atoms with Gasteiger partial charge in [0.25, 0.3) is 0 Å². The summed E-state index contributed by atoms with van der Waals surface area (Å²) in [7, 11) is 1.89. The molecule has 0 aromatic heterocycles. The van der Waals surface area contributed by atoms with E-state index in [0.717, 1.165) is 18.9 Å². The van der Waals surface area contributed by atoms with Crippen molar-refractivity contribution in [2.24, 2.45) is 5.41 Å². The second kappa shape index (κ2) is 5.88. The Morgan fingerprint density at radius 3 is 2.81 bits per heavy atom. The van der Waals surface area contributed by atoms with Gasteiger partial charge >= 0.3 is 5.69 Å². The van der Waals surface area contributed by atoms with E-state index in [0.29, 0.717) is 6.04 Å². The maximum Gasteiger partial charge on any atom is 0.315 e. The molecule has 0 aliphatic heterocycles. The van der Waals surface area contributed by atoms with E-state index in [9.17, 15) is 14.5 Å². The molecule has 1 aliphatic carbocycles. The maximum absolute atomic E-state index is 13.3. The molecule has 7 heteroatoms. The first-order valence-electron chi connectivity index (χ1n) is 6.80. The normalized spacial score (nSPS) is 28.0. The molecule has 1 N–H and O–H groups in total. The molecule has 0 bridgehead atoms. The first-order valence-corrected chi connectivity index (χ1v) is 7.60. The van der Waals surface area contributed by atoms with Gasteiger partial charge in [0.1, 0.15) is 11.9 Å². The van der Waals surface area contributed by atoms with Gasteiger partial charge in [-0.05, 0) is 35.5 Å². The zero-order valence-electron chi connectivity index (χ0n) is 12.2. The van der Waals surface area contributed by atoms with E-state index in [-0.39, 0.29) is 27.4 Å². The van der Waals surface area contributed by atoms with Crippen molar-refractivity contribution in [1.29, 1.82) is 0 Å². The van der Waals surface area contributed by atoms with Crippen molar-refractivity contribution < 1.29 is 14.1 Å². The first-order chi connectivity index (χ1) is 9.83. The summed E-state index contributed by atoms with van der Waals surface area (Å²) in [6, 6.07) is 2.38. The van der Waals surface area contributed by atoms with Crippen molar-refractivity contribution in [3.63, 3.8) is 0 Å². The Balaban J connectivity index is 2.31. The van der Waals surface area contributed by atoms with Crippen LogP contribution in [0, 0.1) is 21.3 Å². The fraction of sp³-hybridized carbons (Fsp3) is 0.571. The third-order valence-electron chi connectivity index (χ3n) is 4.54. The average Bonchev–Trinajstić information content (AvgIpc) is 2.42. The number of hydrogen-bond donors (Lipinski definition) is 1. The molecule has 21 heavy (non-hydrogen) atoms. The second-order valence-corrected chi connectivity index (χ2v) is 6.39. The van der Waals surface area contributed by atoms with Gasteiger partial charge in [-0.3, -0.25) is 10.1 Å². The van der Waals surface area contributed by atoms with Gasteiger partial charge in [-0.1, -0.05) is 13.8 Å². The molecular formula is C14H18BrFN2O3. The molecule has 2 rings (SSSR count). The monoisotopic (exact) mass is 360 g/mol. The van der Waals surface area contributed by atoms with Gasteiger partial charge < -0.3 is 10.1 Å². The summed E-state index contributed by atoms with van der Waals surface area (Å²) in [5.74, 6) is -0.568. The van der Waals surface area contributed by atoms with Crippen molar-refractivity contribution in [3.05, 3.63) is 32.5 Å². The van der Waals surface area contributed by atoms with Gasteiger partial charge in [-0.25, -0.2) is 4.39 Å². The van der Waals surface area contributed by atoms with Crippen LogP contribution in [0.2, 0.25) is 0 Å². The minimum Gasteiger partial charge on any atom is -0.482 e. The van der Waals surface area contributed by atoms with Gasteiger partial charge in [0.15, 0.2) is 0 Å². The molecule has 0 amide bonds. The Morgan fingerprint density at radius 1 is 1.62 bits per heavy atom. The lowest BCUT2D eigenvalue weighted by Crippen LogP contribution is -2.62. The molecule has 1 aromatic rings. The highest BCUT2D eigenvalue weighted by Crippen LogP contribution is 2.48. The Labute approximate surface area is 131 Å². The highest BCUT2D eigenvalue weighted by Gasteiger charge is 2.52. The summed E-state index contributed by atoms with van der Waals surface area (Å²) >= 11 is 3.15. The molecule has 0 saturated heterocycles. The molecule has 0 heterocycles. The minimum atomic E-state index is -0.666. The van der Waals surface area contributed by atoms with E-state index >= 15 is 0 Å². The van der Waals surface area contributed by atoms with E-state index in [2.05, 4.69) is 35.1 Å². The molecule has 116 valence electrons. The number of nitro benzene ring substituents is 1. The third kappa shape index (κ3) is 2.76. The molecule has 0 radical (unpaired) electrons. The van der Waals surface area contributed by atoms with Crippen LogP contribution >= 0.6 is 15.9 Å². The SMILES string of the molecule is CCC1(C)C(NC)CC1Oc1c(Br)cc(F)cc1[N+](=O)[O-]. The number of benzene rings is 1. The predicted molar refractivity (Wildman–Crippen MR) is 81.0 cm³/mol. The van der Waals surface area contributed by atoms with Crippen LogP contribution in [0.25, 0.3) is 0 Å². The maximum atomic E-state index is 13.3. The van der Waals surface area contributed by atoms with Crippen molar-refractivity contribution >= 4 is 21.6 Å². The summed E-state index contributed by atoms with van der Waals surface area (Å²) in [5, 5.41) is 14.3. The molecule has 0 spiro atoms. The van der Waals surface area contributed by atoms with Gasteiger partial charge in [0, 0.05) is 17.9 Å². The number of halogens is 2. The lowest BCUT2D eigenvalue weighted by atomic mass is 9.61. The van der Waals surface area contributed by atoms with Crippen LogP contribution < -0.4 is 10.1 Å². The summed E-state index contributed by atoms with van der Waals surface area (Å²) in [6.07, 6.45) is 1.51. The number of nitrogens with one attached hydrogen (secondary N) is 1. The number of nitro groups is 1. The largest absolute Gasteiger partial charge is 0.482 e. The van der Waals surface area contributed by atoms with Crippen LogP contribution in [0.5, 0.6) is 5.75 Å². The summed E-state index contributed by atoms with van der Waals surface area (Å²) in [5.41, 5.74) is -0.454. The summed E-state index contributed by atoms with van der Waals surface area (Å²) in [4.78, 5) is 10.5. The Morgan fingerprint density at radius 2 is 2.29 bits per heavy atom. The van der Waals surface area contributed by atoms with Crippen LogP contribution in [0.3, 0.4) is 0 Å². The molecule has 1 aromatic carbocycles. The highest BCUT2D eigenvalue weighted by molar-refractivity contribution is 9.10. The zero-order valence-corrected chi connectivity index (χ0v) is 13.7. The van der Waals surface area contributed by atoms with Crippen molar-refractivity contribution in [2.45, 2.75) is 38.8 Å². The number of hydrogen-bond acceptors (Lipinski definition) is 4. The molecule has 1 saturated carbocycles. The molecular weight excluding hydrogens is 343 g/mol. The fourth-order valence-electron chi connectivity index (χ4n) is 2.86. The molecule has 1 aliphatic rings. The van der Waals surface area contributed by atoms with Gasteiger partial charge in [-0.15, -0.1) is 0 Å². The number of ether oxygens (including phenoxy) is 1. The average molecular weight is 361 g/mol. The van der Waals surface area contributed by atoms with E-state index in [1.165, 1.54) is 6.07 Å². The molecule has 1 fully saturated rings. The van der Waals surface area contributed by atoms with Gasteiger partial charge in [0.05, 0.1) is 15.5 Å². The summed E-state index contributed by atoms with van der Waals surface area (Å²) < 4.78 is 19.5. The number of nitrogens with zero attached hydrogens (tertiary/aromatic N) is 1. The van der Waals surface area contributed by atoms with E-state index in [1.807, 2.05) is 7.05 Å². The first kappa shape index (κ1) is 16.2. The third-order valence-corrected chi connectivity index (χ3v) is 5.13. The second-order valence-electron chi connectivity index (χ2n) is 5.54. The van der Waals surface area contributed by atoms with Crippen LogP contribution in [-0.4, -0.2) is 24.1 Å². The van der Waals surface area contributed by atoms with Crippen LogP contribution in [-0.2, 0) is 0 Å². The van der Waals surface area contributed by atoms with Crippen LogP contribution in [0.15, 0.2) is 16.6 Å². The van der Waals surface area contributed by atoms with Gasteiger partial charge in [-0.2, -0.15) is 0 Å². The predicted octanol–water partition coefficient (Wildman–Crippen LogP) is 3.65. The zero-order chi connectivity index (χ0) is 15.8. The lowest BCUT2D eigenvalue weighted by molar-refractivity contribution is -0.386. The van der Waals surface area contributed by atoms with Crippen molar-refractivity contribution in [1.82, 2.24) is 5.32 Å². The highest BCUT2D eigenvalue weighted by atomic mass is 79.9. The Hall–Kier alpha value is -1.21. The lowest BCUT2D eigenvalue weighted by Gasteiger charge is -2.53. The van der Waals surface area contributed by atoms with Crippen molar-refractivity contribution in [2.75, 3.05) is 7.05 Å². The Kier molecular flexibility index (Phi) is 4.53. The minimum absolute atomic E-state index is 0.0978. The topological polar surface area (TPSA) is 64.4 Å². The smallest absolute Gasteiger partial charge is 0.315 e. The summed E-state index contributed by atoms with van der Waals surface area (Å²) in [6.45, 7) is 4.15. The molecule has 3 unspecified atom stereocenters. The van der Waals surface area contributed by atoms with E-state index in [1.54, 1.807) is 0 Å². The van der Waals surface area contributed by atoms with E-state index < -0.39 is 10.7 Å². The Bertz CT molecular complexity index is 569. The van der Waals surface area contributed by atoms with E-state index in [4.69, 9.17) is 4.74 Å². The standard InChI is InChI=1S/C14H18BrFN2O3/c1-4-14(2)11(17-3)7-12(14)21-13-9(15)5-8(16)6-10(13)18(19)20/h5-6,11-12,17H,4,7H2,1-3H3. The molecule has 3 atom stereocenters. The van der Waals surface area contributed by atoms with Crippen LogP contribution in [0.1, 0.15) is 26.7 Å². The molecule has 5 nitrogen and oxygen atoms in total. The van der Waals surface area contributed by atoms with Crippen molar-refractivity contribution in [3.8, 4) is 5.75 Å². The number of rotatable bonds is 5. The van der Waals surface area contributed by atoms with Crippen LogP contribution in [0.4, 0.5) is 10.1 Å². The van der Waals surface area contributed by atoms with Gasteiger partial charge in [0.2, 0.25) is 5.75 Å². The quantitative estimate of drug-likeness (QED) is 0.642.